The van der Waals surface area contributed by atoms with E-state index in [9.17, 15) is 18.0 Å². The number of carbonyl (C=O) groups is 1. The molecule has 0 aliphatic carbocycles. The van der Waals surface area contributed by atoms with Crippen LogP contribution >= 0.6 is 0 Å². The molecule has 0 atom stereocenters. The van der Waals surface area contributed by atoms with Gasteiger partial charge in [-0.25, -0.2) is 0 Å². The summed E-state index contributed by atoms with van der Waals surface area (Å²) in [5, 5.41) is 0. The maximum absolute atomic E-state index is 12.2. The predicted octanol–water partition coefficient (Wildman–Crippen LogP) is 3.05. The highest BCUT2D eigenvalue weighted by Gasteiger charge is 2.39. The van der Waals surface area contributed by atoms with Crippen molar-refractivity contribution in [1.82, 2.24) is 4.57 Å². The van der Waals surface area contributed by atoms with E-state index < -0.39 is 12.0 Å². The first-order valence-corrected chi connectivity index (χ1v) is 5.48. The molecular formula is C12H16F3NO2. The van der Waals surface area contributed by atoms with E-state index in [-0.39, 0.29) is 11.2 Å². The largest absolute Gasteiger partial charge is 0.454 e. The molecule has 1 heterocycles. The number of halogens is 3. The molecule has 0 saturated carbocycles. The van der Waals surface area contributed by atoms with Crippen molar-refractivity contribution in [3.05, 3.63) is 24.0 Å². The molecular weight excluding hydrogens is 247 g/mol. The van der Waals surface area contributed by atoms with Crippen LogP contribution in [-0.4, -0.2) is 29.2 Å². The smallest absolute Gasteiger partial charge is 0.379 e. The Balaban J connectivity index is 2.68. The number of hydrogen-bond donors (Lipinski definition) is 0. The maximum Gasteiger partial charge on any atom is 0.454 e. The van der Waals surface area contributed by atoms with Crippen molar-refractivity contribution in [2.75, 3.05) is 7.11 Å². The Morgan fingerprint density at radius 2 is 2.00 bits per heavy atom. The van der Waals surface area contributed by atoms with Crippen LogP contribution in [0.3, 0.4) is 0 Å². The van der Waals surface area contributed by atoms with Gasteiger partial charge in [-0.15, -0.1) is 0 Å². The lowest BCUT2D eigenvalue weighted by Crippen LogP contribution is -2.24. The Bertz CT molecular complexity index is 421. The second kappa shape index (κ2) is 5.14. The fourth-order valence-electron chi connectivity index (χ4n) is 1.38. The number of ketones is 1. The van der Waals surface area contributed by atoms with Gasteiger partial charge in [0.25, 0.3) is 5.78 Å². The van der Waals surface area contributed by atoms with Crippen LogP contribution in [0.15, 0.2) is 18.5 Å². The molecule has 1 aromatic rings. The van der Waals surface area contributed by atoms with Crippen LogP contribution in [0.2, 0.25) is 0 Å². The van der Waals surface area contributed by atoms with Crippen molar-refractivity contribution < 1.29 is 22.7 Å². The topological polar surface area (TPSA) is 31.2 Å². The van der Waals surface area contributed by atoms with Crippen molar-refractivity contribution in [1.29, 1.82) is 0 Å². The minimum Gasteiger partial charge on any atom is -0.379 e. The van der Waals surface area contributed by atoms with Crippen LogP contribution < -0.4 is 0 Å². The number of methoxy groups -OCH3 is 1. The number of aryl methyl sites for hydroxylation is 1. The van der Waals surface area contributed by atoms with Crippen LogP contribution in [0, 0.1) is 0 Å². The number of alkyl halides is 3. The third-order valence-corrected chi connectivity index (χ3v) is 2.79. The summed E-state index contributed by atoms with van der Waals surface area (Å²) >= 11 is 0. The Morgan fingerprint density at radius 3 is 2.50 bits per heavy atom. The van der Waals surface area contributed by atoms with E-state index in [1.807, 2.05) is 13.8 Å². The van der Waals surface area contributed by atoms with E-state index in [4.69, 9.17) is 4.74 Å². The normalized spacial score (nSPS) is 12.8. The molecule has 0 aliphatic heterocycles. The van der Waals surface area contributed by atoms with E-state index in [0.717, 1.165) is 0 Å². The van der Waals surface area contributed by atoms with Gasteiger partial charge in [-0.1, -0.05) is 0 Å². The van der Waals surface area contributed by atoms with Gasteiger partial charge in [0.05, 0.1) is 5.60 Å². The van der Waals surface area contributed by atoms with Crippen LogP contribution in [0.4, 0.5) is 13.2 Å². The molecule has 102 valence electrons. The minimum atomic E-state index is -4.82. The lowest BCUT2D eigenvalue weighted by Gasteiger charge is -2.22. The number of ether oxygens (including phenoxy) is 1. The molecule has 0 amide bonds. The summed E-state index contributed by atoms with van der Waals surface area (Å²) in [5.41, 5.74) is -0.684. The van der Waals surface area contributed by atoms with Crippen molar-refractivity contribution in [2.24, 2.45) is 0 Å². The predicted molar refractivity (Wildman–Crippen MR) is 60.5 cm³/mol. The summed E-state index contributed by atoms with van der Waals surface area (Å²) in [6.45, 7) is 4.27. The van der Waals surface area contributed by atoms with Gasteiger partial charge < -0.3 is 9.30 Å². The number of Topliss-reactive ketones (excluding diaryl/α,β-unsaturated/α-hetero) is 1. The summed E-state index contributed by atoms with van der Waals surface area (Å²) in [6, 6.07) is 1.18. The highest BCUT2D eigenvalue weighted by atomic mass is 19.4. The van der Waals surface area contributed by atoms with E-state index >= 15 is 0 Å². The molecule has 0 spiro atoms. The summed E-state index contributed by atoms with van der Waals surface area (Å²) in [5.74, 6) is -1.81. The molecule has 0 saturated heterocycles. The second-order valence-corrected chi connectivity index (χ2v) is 4.68. The zero-order chi connectivity index (χ0) is 14.0. The van der Waals surface area contributed by atoms with Gasteiger partial charge in [0.1, 0.15) is 0 Å². The zero-order valence-electron chi connectivity index (χ0n) is 10.5. The molecule has 0 bridgehead atoms. The van der Waals surface area contributed by atoms with Gasteiger partial charge in [0.2, 0.25) is 0 Å². The van der Waals surface area contributed by atoms with Gasteiger partial charge in [0, 0.05) is 31.6 Å². The van der Waals surface area contributed by atoms with Gasteiger partial charge >= 0.3 is 6.18 Å². The first kappa shape index (κ1) is 14.8. The third kappa shape index (κ3) is 3.87. The lowest BCUT2D eigenvalue weighted by atomic mass is 10.1. The van der Waals surface area contributed by atoms with Crippen molar-refractivity contribution in [3.63, 3.8) is 0 Å². The maximum atomic E-state index is 12.2. The van der Waals surface area contributed by atoms with Gasteiger partial charge in [-0.05, 0) is 26.3 Å². The Hall–Kier alpha value is -1.30. The molecule has 0 fully saturated rings. The monoisotopic (exact) mass is 263 g/mol. The molecule has 1 aromatic heterocycles. The molecule has 1 rings (SSSR count). The average molecular weight is 263 g/mol. The zero-order valence-corrected chi connectivity index (χ0v) is 10.5. The highest BCUT2D eigenvalue weighted by Crippen LogP contribution is 2.22. The molecule has 6 heteroatoms. The fourth-order valence-corrected chi connectivity index (χ4v) is 1.38. The summed E-state index contributed by atoms with van der Waals surface area (Å²) in [4.78, 5) is 11.0. The number of hydrogen-bond acceptors (Lipinski definition) is 2. The molecule has 0 unspecified atom stereocenters. The molecule has 0 N–H and O–H groups in total. The van der Waals surface area contributed by atoms with E-state index in [0.29, 0.717) is 13.0 Å². The Morgan fingerprint density at radius 1 is 1.39 bits per heavy atom. The van der Waals surface area contributed by atoms with Crippen molar-refractivity contribution >= 4 is 5.78 Å². The van der Waals surface area contributed by atoms with Crippen molar-refractivity contribution in [3.8, 4) is 0 Å². The van der Waals surface area contributed by atoms with E-state index in [2.05, 4.69) is 0 Å². The quantitative estimate of drug-likeness (QED) is 0.764. The molecule has 0 aromatic carbocycles. The molecule has 0 aliphatic rings. The number of aromatic nitrogens is 1. The molecule has 18 heavy (non-hydrogen) atoms. The van der Waals surface area contributed by atoms with Gasteiger partial charge in [0.15, 0.2) is 0 Å². The van der Waals surface area contributed by atoms with Crippen LogP contribution in [-0.2, 0) is 11.3 Å². The summed E-state index contributed by atoms with van der Waals surface area (Å²) in [7, 11) is 1.58. The second-order valence-electron chi connectivity index (χ2n) is 4.68. The summed E-state index contributed by atoms with van der Waals surface area (Å²) in [6.07, 6.45) is -1.51. The van der Waals surface area contributed by atoms with E-state index in [1.54, 1.807) is 11.7 Å². The number of rotatable bonds is 5. The summed E-state index contributed by atoms with van der Waals surface area (Å²) < 4.78 is 43.3. The minimum absolute atomic E-state index is 0.335. The van der Waals surface area contributed by atoms with Gasteiger partial charge in [-0.3, -0.25) is 4.79 Å². The fraction of sp³-hybridized carbons (Fsp3) is 0.583. The third-order valence-electron chi connectivity index (χ3n) is 2.79. The SMILES string of the molecule is COC(C)(C)CCn1ccc(C(=O)C(F)(F)F)c1. The average Bonchev–Trinajstić information content (AvgIpc) is 2.73. The van der Waals surface area contributed by atoms with Crippen LogP contribution in [0.5, 0.6) is 0 Å². The molecule has 3 nitrogen and oxygen atoms in total. The lowest BCUT2D eigenvalue weighted by molar-refractivity contribution is -0.0885. The number of nitrogens with zero attached hydrogens (tertiary/aromatic N) is 1. The van der Waals surface area contributed by atoms with E-state index in [1.165, 1.54) is 18.5 Å². The van der Waals surface area contributed by atoms with Gasteiger partial charge in [-0.2, -0.15) is 13.2 Å². The highest BCUT2D eigenvalue weighted by molar-refractivity contribution is 6.00. The van der Waals surface area contributed by atoms with Crippen LogP contribution in [0.25, 0.3) is 0 Å². The first-order chi connectivity index (χ1) is 8.15. The standard InChI is InChI=1S/C12H16F3NO2/c1-11(2,18-3)5-7-16-6-4-9(8-16)10(17)12(13,14)15/h4,6,8H,5,7H2,1-3H3. The first-order valence-electron chi connectivity index (χ1n) is 5.48. The van der Waals surface area contributed by atoms with Crippen molar-refractivity contribution in [2.45, 2.75) is 38.6 Å². The Kier molecular flexibility index (Phi) is 4.21. The number of carbonyl (C=O) groups excluding carboxylic acids is 1. The Labute approximate surface area is 104 Å². The molecule has 0 radical (unpaired) electrons. The van der Waals surface area contributed by atoms with Crippen LogP contribution in [0.1, 0.15) is 30.6 Å².